The number of hydrogen-bond donors (Lipinski definition) is 3. The number of oxime groups is 1. The van der Waals surface area contributed by atoms with Crippen LogP contribution in [0.2, 0.25) is 0 Å². The average Bonchev–Trinajstić information content (AvgIpc) is 2.58. The molecule has 1 aliphatic rings. The fourth-order valence-corrected chi connectivity index (χ4v) is 2.46. The molecule has 0 aromatic rings. The minimum absolute atomic E-state index is 0.0118. The molecule has 0 aliphatic heterocycles. The molecular formula is C12H23N3O2. The molecule has 0 aromatic carbocycles. The highest BCUT2D eigenvalue weighted by Gasteiger charge is 2.33. The lowest BCUT2D eigenvalue weighted by molar-refractivity contribution is -0.123. The molecule has 0 aromatic heterocycles. The molecule has 1 rings (SSSR count). The second kappa shape index (κ2) is 5.38. The Morgan fingerprint density at radius 2 is 2.29 bits per heavy atom. The van der Waals surface area contributed by atoms with Gasteiger partial charge in [0, 0.05) is 6.04 Å². The Hall–Kier alpha value is -1.26. The first-order valence-electron chi connectivity index (χ1n) is 6.17. The van der Waals surface area contributed by atoms with E-state index in [1.807, 2.05) is 6.92 Å². The van der Waals surface area contributed by atoms with Gasteiger partial charge in [-0.1, -0.05) is 25.9 Å². The van der Waals surface area contributed by atoms with Crippen LogP contribution in [0.5, 0.6) is 0 Å². The summed E-state index contributed by atoms with van der Waals surface area (Å²) in [4.78, 5) is 12.0. The monoisotopic (exact) mass is 241 g/mol. The van der Waals surface area contributed by atoms with E-state index in [1.165, 1.54) is 0 Å². The van der Waals surface area contributed by atoms with Gasteiger partial charge < -0.3 is 16.3 Å². The average molecular weight is 241 g/mol. The number of amides is 1. The van der Waals surface area contributed by atoms with Crippen LogP contribution in [-0.2, 0) is 4.79 Å². The molecule has 2 atom stereocenters. The molecule has 17 heavy (non-hydrogen) atoms. The Bertz CT molecular complexity index is 313. The molecule has 5 heteroatoms. The molecule has 0 radical (unpaired) electrons. The van der Waals surface area contributed by atoms with Crippen molar-refractivity contribution in [3.8, 4) is 0 Å². The third-order valence-corrected chi connectivity index (χ3v) is 3.51. The van der Waals surface area contributed by atoms with Crippen molar-refractivity contribution in [2.24, 2.45) is 22.2 Å². The van der Waals surface area contributed by atoms with E-state index in [1.54, 1.807) is 0 Å². The van der Waals surface area contributed by atoms with Gasteiger partial charge in [-0.3, -0.25) is 4.79 Å². The van der Waals surface area contributed by atoms with E-state index in [2.05, 4.69) is 24.3 Å². The van der Waals surface area contributed by atoms with E-state index in [0.29, 0.717) is 11.8 Å². The molecular weight excluding hydrogens is 218 g/mol. The summed E-state index contributed by atoms with van der Waals surface area (Å²) >= 11 is 0. The molecule has 0 heterocycles. The molecule has 5 nitrogen and oxygen atoms in total. The number of rotatable bonds is 4. The Labute approximate surface area is 102 Å². The van der Waals surface area contributed by atoms with Crippen LogP contribution >= 0.6 is 0 Å². The van der Waals surface area contributed by atoms with Gasteiger partial charge in [0.25, 0.3) is 0 Å². The zero-order chi connectivity index (χ0) is 13.1. The summed E-state index contributed by atoms with van der Waals surface area (Å²) in [5.41, 5.74) is 5.80. The Kier molecular flexibility index (Phi) is 4.37. The second-order valence-corrected chi connectivity index (χ2v) is 5.60. The van der Waals surface area contributed by atoms with Gasteiger partial charge in [0.15, 0.2) is 5.84 Å². The van der Waals surface area contributed by atoms with Crippen molar-refractivity contribution < 1.29 is 10.0 Å². The van der Waals surface area contributed by atoms with Gasteiger partial charge in [-0.05, 0) is 31.1 Å². The standard InChI is InChI=1S/C12H23N3O2/c1-4-9(10(13)15-17)11(16)14-8-5-6-12(2,3)7-8/h8-9,17H,4-7H2,1-3H3,(H2,13,15)(H,14,16). The minimum Gasteiger partial charge on any atom is -0.409 e. The first-order chi connectivity index (χ1) is 7.89. The largest absolute Gasteiger partial charge is 0.409 e. The molecule has 4 N–H and O–H groups in total. The van der Waals surface area contributed by atoms with Crippen molar-refractivity contribution in [1.82, 2.24) is 5.32 Å². The van der Waals surface area contributed by atoms with Crippen LogP contribution in [0.4, 0.5) is 0 Å². The van der Waals surface area contributed by atoms with E-state index in [0.717, 1.165) is 19.3 Å². The predicted octanol–water partition coefficient (Wildman–Crippen LogP) is 1.45. The van der Waals surface area contributed by atoms with E-state index in [9.17, 15) is 4.79 Å². The van der Waals surface area contributed by atoms with Crippen LogP contribution in [0.15, 0.2) is 5.16 Å². The molecule has 98 valence electrons. The fourth-order valence-electron chi connectivity index (χ4n) is 2.46. The summed E-state index contributed by atoms with van der Waals surface area (Å²) in [7, 11) is 0. The number of amidine groups is 1. The summed E-state index contributed by atoms with van der Waals surface area (Å²) in [6.07, 6.45) is 3.66. The summed E-state index contributed by atoms with van der Waals surface area (Å²) in [6, 6.07) is 0.220. The molecule has 0 spiro atoms. The number of carbonyl (C=O) groups excluding carboxylic acids is 1. The lowest BCUT2D eigenvalue weighted by atomic mass is 9.92. The summed E-state index contributed by atoms with van der Waals surface area (Å²) in [5.74, 6) is -0.670. The van der Waals surface area contributed by atoms with E-state index < -0.39 is 5.92 Å². The van der Waals surface area contributed by atoms with Gasteiger partial charge in [0.2, 0.25) is 5.91 Å². The third kappa shape index (κ3) is 3.61. The van der Waals surface area contributed by atoms with Crippen molar-refractivity contribution in [2.45, 2.75) is 52.5 Å². The maximum atomic E-state index is 12.0. The molecule has 0 saturated heterocycles. The number of nitrogens with zero attached hydrogens (tertiary/aromatic N) is 1. The fraction of sp³-hybridized carbons (Fsp3) is 0.833. The molecule has 2 unspecified atom stereocenters. The SMILES string of the molecule is CCC(C(=O)NC1CCC(C)(C)C1)C(N)=NO. The number of nitrogens with two attached hydrogens (primary N) is 1. The molecule has 0 bridgehead atoms. The highest BCUT2D eigenvalue weighted by atomic mass is 16.4. The first kappa shape index (κ1) is 13.8. The number of carbonyl (C=O) groups is 1. The van der Waals surface area contributed by atoms with Crippen LogP contribution in [0, 0.1) is 11.3 Å². The smallest absolute Gasteiger partial charge is 0.231 e. The number of nitrogens with one attached hydrogen (secondary N) is 1. The van der Waals surface area contributed by atoms with E-state index in [4.69, 9.17) is 10.9 Å². The first-order valence-corrected chi connectivity index (χ1v) is 6.17. The molecule has 1 amide bonds. The van der Waals surface area contributed by atoms with E-state index >= 15 is 0 Å². The van der Waals surface area contributed by atoms with Crippen molar-refractivity contribution in [1.29, 1.82) is 0 Å². The quantitative estimate of drug-likeness (QED) is 0.301. The van der Waals surface area contributed by atoms with Gasteiger partial charge in [0.05, 0.1) is 5.92 Å². The lowest BCUT2D eigenvalue weighted by Gasteiger charge is -2.20. The Morgan fingerprint density at radius 3 is 2.71 bits per heavy atom. The zero-order valence-electron chi connectivity index (χ0n) is 10.9. The number of hydrogen-bond acceptors (Lipinski definition) is 3. The van der Waals surface area contributed by atoms with E-state index in [-0.39, 0.29) is 17.8 Å². The minimum atomic E-state index is -0.524. The van der Waals surface area contributed by atoms with Crippen LogP contribution in [-0.4, -0.2) is 23.0 Å². The predicted molar refractivity (Wildman–Crippen MR) is 66.8 cm³/mol. The van der Waals surface area contributed by atoms with Crippen molar-refractivity contribution in [3.63, 3.8) is 0 Å². The van der Waals surface area contributed by atoms with Gasteiger partial charge >= 0.3 is 0 Å². The van der Waals surface area contributed by atoms with Crippen molar-refractivity contribution in [2.75, 3.05) is 0 Å². The highest BCUT2D eigenvalue weighted by Crippen LogP contribution is 2.36. The van der Waals surface area contributed by atoms with Gasteiger partial charge in [-0.25, -0.2) is 0 Å². The molecule has 1 saturated carbocycles. The van der Waals surface area contributed by atoms with Crippen LogP contribution < -0.4 is 11.1 Å². The van der Waals surface area contributed by atoms with Crippen LogP contribution in [0.1, 0.15) is 46.5 Å². The summed E-state index contributed by atoms with van der Waals surface area (Å²) in [6.45, 7) is 6.26. The maximum Gasteiger partial charge on any atom is 0.231 e. The Morgan fingerprint density at radius 1 is 1.65 bits per heavy atom. The topological polar surface area (TPSA) is 87.7 Å². The Balaban J connectivity index is 2.54. The maximum absolute atomic E-state index is 12.0. The molecule has 1 fully saturated rings. The van der Waals surface area contributed by atoms with Crippen molar-refractivity contribution in [3.05, 3.63) is 0 Å². The van der Waals surface area contributed by atoms with Crippen molar-refractivity contribution >= 4 is 11.7 Å². The highest BCUT2D eigenvalue weighted by molar-refractivity contribution is 6.02. The van der Waals surface area contributed by atoms with Crippen LogP contribution in [0.3, 0.4) is 0 Å². The zero-order valence-corrected chi connectivity index (χ0v) is 10.9. The van der Waals surface area contributed by atoms with Gasteiger partial charge in [0.1, 0.15) is 0 Å². The van der Waals surface area contributed by atoms with Gasteiger partial charge in [-0.15, -0.1) is 0 Å². The summed E-state index contributed by atoms with van der Waals surface area (Å²) in [5, 5.41) is 14.5. The van der Waals surface area contributed by atoms with Gasteiger partial charge in [-0.2, -0.15) is 0 Å². The summed E-state index contributed by atoms with van der Waals surface area (Å²) < 4.78 is 0. The molecule has 1 aliphatic carbocycles. The lowest BCUT2D eigenvalue weighted by Crippen LogP contribution is -2.42. The normalized spacial score (nSPS) is 25.6. The second-order valence-electron chi connectivity index (χ2n) is 5.60. The third-order valence-electron chi connectivity index (χ3n) is 3.51. The van der Waals surface area contributed by atoms with Crippen LogP contribution in [0.25, 0.3) is 0 Å².